The minimum atomic E-state index is -0.525. The molecule has 0 fully saturated rings. The molecule has 0 radical (unpaired) electrons. The maximum absolute atomic E-state index is 11.4. The summed E-state index contributed by atoms with van der Waals surface area (Å²) in [6.45, 7) is 2.00. The first-order valence-electron chi connectivity index (χ1n) is 5.52. The van der Waals surface area contributed by atoms with Gasteiger partial charge in [-0.15, -0.1) is 0 Å². The van der Waals surface area contributed by atoms with Gasteiger partial charge in [0, 0.05) is 16.2 Å². The molecule has 0 saturated carbocycles. The lowest BCUT2D eigenvalue weighted by atomic mass is 10.2. The van der Waals surface area contributed by atoms with Crippen molar-refractivity contribution in [3.05, 3.63) is 46.7 Å². The van der Waals surface area contributed by atoms with Crippen molar-refractivity contribution in [3.8, 4) is 11.5 Å². The highest BCUT2D eigenvalue weighted by Crippen LogP contribution is 2.22. The topological polar surface area (TPSA) is 101 Å². The van der Waals surface area contributed by atoms with E-state index in [-0.39, 0.29) is 12.3 Å². The van der Waals surface area contributed by atoms with Crippen LogP contribution in [0.3, 0.4) is 0 Å². The molecule has 1 aromatic carbocycles. The SMILES string of the molecule is CCOC(=O)c1coc(-c2ccc(N=[N+]=[N-])cc2)n1. The molecule has 1 heterocycles. The van der Waals surface area contributed by atoms with Gasteiger partial charge in [0.25, 0.3) is 0 Å². The van der Waals surface area contributed by atoms with Gasteiger partial charge in [-0.25, -0.2) is 9.78 Å². The third-order valence-corrected chi connectivity index (χ3v) is 2.26. The summed E-state index contributed by atoms with van der Waals surface area (Å²) in [6, 6.07) is 6.63. The van der Waals surface area contributed by atoms with Crippen LogP contribution in [-0.2, 0) is 4.74 Å². The molecule has 0 aliphatic heterocycles. The van der Waals surface area contributed by atoms with Crippen LogP contribution >= 0.6 is 0 Å². The molecule has 0 unspecified atom stereocenters. The van der Waals surface area contributed by atoms with Crippen LogP contribution in [-0.4, -0.2) is 17.6 Å². The minimum Gasteiger partial charge on any atom is -0.461 e. The molecular weight excluding hydrogens is 248 g/mol. The Labute approximate surface area is 108 Å². The van der Waals surface area contributed by atoms with Crippen molar-refractivity contribution >= 4 is 11.7 Å². The third kappa shape index (κ3) is 2.91. The molecule has 0 spiro atoms. The molecule has 2 rings (SSSR count). The number of hydrogen-bond acceptors (Lipinski definition) is 5. The second kappa shape index (κ2) is 5.70. The molecule has 7 nitrogen and oxygen atoms in total. The Bertz CT molecular complexity index is 627. The molecule has 7 heteroatoms. The van der Waals surface area contributed by atoms with E-state index in [1.807, 2.05) is 0 Å². The van der Waals surface area contributed by atoms with Gasteiger partial charge in [-0.3, -0.25) is 0 Å². The number of carbonyl (C=O) groups is 1. The quantitative estimate of drug-likeness (QED) is 0.362. The van der Waals surface area contributed by atoms with E-state index in [2.05, 4.69) is 15.0 Å². The Kier molecular flexibility index (Phi) is 3.80. The van der Waals surface area contributed by atoms with Crippen molar-refractivity contribution in [1.29, 1.82) is 0 Å². The van der Waals surface area contributed by atoms with Gasteiger partial charge in [-0.1, -0.05) is 17.2 Å². The molecule has 0 bridgehead atoms. The number of carbonyl (C=O) groups excluding carboxylic acids is 1. The molecule has 0 aliphatic carbocycles. The first kappa shape index (κ1) is 12.7. The maximum atomic E-state index is 11.4. The number of aromatic nitrogens is 1. The van der Waals surface area contributed by atoms with Crippen molar-refractivity contribution in [1.82, 2.24) is 4.98 Å². The zero-order valence-electron chi connectivity index (χ0n) is 10.1. The lowest BCUT2D eigenvalue weighted by molar-refractivity contribution is 0.0519. The normalized spacial score (nSPS) is 9.74. The summed E-state index contributed by atoms with van der Waals surface area (Å²) in [4.78, 5) is 18.1. The predicted octanol–water partition coefficient (Wildman–Crippen LogP) is 3.46. The number of hydrogen-bond donors (Lipinski definition) is 0. The summed E-state index contributed by atoms with van der Waals surface area (Å²) < 4.78 is 10.0. The smallest absolute Gasteiger partial charge is 0.360 e. The highest BCUT2D eigenvalue weighted by Gasteiger charge is 2.13. The predicted molar refractivity (Wildman–Crippen MR) is 66.7 cm³/mol. The second-order valence-electron chi connectivity index (χ2n) is 3.49. The molecule has 0 aliphatic rings. The molecule has 0 N–H and O–H groups in total. The zero-order chi connectivity index (χ0) is 13.7. The van der Waals surface area contributed by atoms with Gasteiger partial charge in [0.2, 0.25) is 5.89 Å². The molecule has 19 heavy (non-hydrogen) atoms. The van der Waals surface area contributed by atoms with E-state index in [0.29, 0.717) is 17.1 Å². The average molecular weight is 258 g/mol. The Morgan fingerprint density at radius 2 is 2.21 bits per heavy atom. The fourth-order valence-corrected chi connectivity index (χ4v) is 1.43. The van der Waals surface area contributed by atoms with Crippen molar-refractivity contribution in [2.75, 3.05) is 6.61 Å². The van der Waals surface area contributed by atoms with Crippen LogP contribution in [0.4, 0.5) is 5.69 Å². The molecule has 1 aromatic heterocycles. The van der Waals surface area contributed by atoms with E-state index >= 15 is 0 Å². The highest BCUT2D eigenvalue weighted by molar-refractivity contribution is 5.87. The zero-order valence-corrected chi connectivity index (χ0v) is 10.1. The summed E-state index contributed by atoms with van der Waals surface area (Å²) in [5.74, 6) is -0.223. The van der Waals surface area contributed by atoms with Gasteiger partial charge in [0.05, 0.1) is 6.61 Å². The Hall–Kier alpha value is -2.79. The first-order chi connectivity index (χ1) is 9.24. The number of benzene rings is 1. The minimum absolute atomic E-state index is 0.121. The molecule has 0 amide bonds. The molecule has 0 atom stereocenters. The molecule has 0 saturated heterocycles. The molecular formula is C12H10N4O3. The number of azide groups is 1. The third-order valence-electron chi connectivity index (χ3n) is 2.26. The van der Waals surface area contributed by atoms with E-state index in [0.717, 1.165) is 0 Å². The molecule has 96 valence electrons. The highest BCUT2D eigenvalue weighted by atomic mass is 16.5. The van der Waals surface area contributed by atoms with Crippen LogP contribution in [0.25, 0.3) is 21.9 Å². The van der Waals surface area contributed by atoms with Gasteiger partial charge < -0.3 is 9.15 Å². The van der Waals surface area contributed by atoms with E-state index in [1.54, 1.807) is 31.2 Å². The van der Waals surface area contributed by atoms with Gasteiger partial charge >= 0.3 is 5.97 Å². The number of nitrogens with zero attached hydrogens (tertiary/aromatic N) is 4. The number of ether oxygens (including phenoxy) is 1. The fraction of sp³-hybridized carbons (Fsp3) is 0.167. The van der Waals surface area contributed by atoms with Crippen molar-refractivity contribution < 1.29 is 13.9 Å². The van der Waals surface area contributed by atoms with Gasteiger partial charge in [-0.2, -0.15) is 0 Å². The first-order valence-corrected chi connectivity index (χ1v) is 5.52. The lowest BCUT2D eigenvalue weighted by Crippen LogP contribution is -2.04. The van der Waals surface area contributed by atoms with Crippen molar-refractivity contribution in [2.45, 2.75) is 6.92 Å². The van der Waals surface area contributed by atoms with Crippen LogP contribution in [0.5, 0.6) is 0 Å². The van der Waals surface area contributed by atoms with E-state index in [1.165, 1.54) is 6.26 Å². The second-order valence-corrected chi connectivity index (χ2v) is 3.49. The maximum Gasteiger partial charge on any atom is 0.360 e. The van der Waals surface area contributed by atoms with E-state index in [4.69, 9.17) is 14.7 Å². The monoisotopic (exact) mass is 258 g/mol. The Balaban J connectivity index is 2.22. The summed E-state index contributed by atoms with van der Waals surface area (Å²) in [5, 5.41) is 3.45. The summed E-state index contributed by atoms with van der Waals surface area (Å²) in [6.07, 6.45) is 1.24. The Morgan fingerprint density at radius 3 is 2.84 bits per heavy atom. The van der Waals surface area contributed by atoms with Crippen LogP contribution in [0, 0.1) is 0 Å². The van der Waals surface area contributed by atoms with Gasteiger partial charge in [0.15, 0.2) is 5.69 Å². The van der Waals surface area contributed by atoms with Crippen LogP contribution in [0.1, 0.15) is 17.4 Å². The molecule has 2 aromatic rings. The van der Waals surface area contributed by atoms with Gasteiger partial charge in [0.1, 0.15) is 6.26 Å². The van der Waals surface area contributed by atoms with Crippen LogP contribution in [0.15, 0.2) is 40.1 Å². The van der Waals surface area contributed by atoms with Crippen molar-refractivity contribution in [3.63, 3.8) is 0 Å². The van der Waals surface area contributed by atoms with E-state index in [9.17, 15) is 4.79 Å². The van der Waals surface area contributed by atoms with Crippen LogP contribution < -0.4 is 0 Å². The lowest BCUT2D eigenvalue weighted by Gasteiger charge is -1.96. The summed E-state index contributed by atoms with van der Waals surface area (Å²) >= 11 is 0. The fourth-order valence-electron chi connectivity index (χ4n) is 1.43. The Morgan fingerprint density at radius 1 is 1.47 bits per heavy atom. The number of esters is 1. The van der Waals surface area contributed by atoms with Gasteiger partial charge in [-0.05, 0) is 24.6 Å². The van der Waals surface area contributed by atoms with Crippen molar-refractivity contribution in [2.24, 2.45) is 5.11 Å². The number of oxazole rings is 1. The average Bonchev–Trinajstić information content (AvgIpc) is 2.90. The van der Waals surface area contributed by atoms with Crippen LogP contribution in [0.2, 0.25) is 0 Å². The standard InChI is InChI=1S/C12H10N4O3/c1-2-18-12(17)10-7-19-11(14-10)8-3-5-9(6-4-8)15-16-13/h3-7H,2H2,1H3. The largest absolute Gasteiger partial charge is 0.461 e. The number of rotatable bonds is 4. The summed E-state index contributed by atoms with van der Waals surface area (Å²) in [5.41, 5.74) is 9.58. The summed E-state index contributed by atoms with van der Waals surface area (Å²) in [7, 11) is 0. The van der Waals surface area contributed by atoms with E-state index < -0.39 is 5.97 Å².